The van der Waals surface area contributed by atoms with E-state index in [0.717, 1.165) is 5.75 Å². The van der Waals surface area contributed by atoms with Gasteiger partial charge in [0.25, 0.3) is 5.91 Å². The van der Waals surface area contributed by atoms with Crippen molar-refractivity contribution in [2.24, 2.45) is 0 Å². The number of carbonyl (C=O) groups is 2. The molecule has 0 aliphatic carbocycles. The molecule has 6 nitrogen and oxygen atoms in total. The molecule has 0 radical (unpaired) electrons. The van der Waals surface area contributed by atoms with E-state index in [9.17, 15) is 9.59 Å². The molecule has 23 heavy (non-hydrogen) atoms. The minimum Gasteiger partial charge on any atom is -0.494 e. The van der Waals surface area contributed by atoms with E-state index >= 15 is 0 Å². The summed E-state index contributed by atoms with van der Waals surface area (Å²) in [6.07, 6.45) is 0.170. The molecular weight excluding hydrogens is 298 g/mol. The maximum atomic E-state index is 12.3. The average molecular weight is 323 g/mol. The summed E-state index contributed by atoms with van der Waals surface area (Å²) in [6, 6.07) is 7.08. The summed E-state index contributed by atoms with van der Waals surface area (Å²) in [6.45, 7) is 6.54. The Balaban J connectivity index is 2.52. The molecule has 0 aliphatic heterocycles. The quantitative estimate of drug-likeness (QED) is 0.652. The first-order valence-electron chi connectivity index (χ1n) is 7.69. The van der Waals surface area contributed by atoms with Gasteiger partial charge in [0.15, 0.2) is 6.61 Å². The smallest absolute Gasteiger partial charge is 0.307 e. The SMILES string of the molecule is CCOc1ccc(OCC(=O)N(CCC(=O)OC)C(C)C)cc1. The Morgan fingerprint density at radius 2 is 1.65 bits per heavy atom. The number of amides is 1. The van der Waals surface area contributed by atoms with Crippen LogP contribution in [0.4, 0.5) is 0 Å². The van der Waals surface area contributed by atoms with Crippen LogP contribution in [0, 0.1) is 0 Å². The van der Waals surface area contributed by atoms with Crippen LogP contribution < -0.4 is 9.47 Å². The van der Waals surface area contributed by atoms with Gasteiger partial charge in [0.05, 0.1) is 20.1 Å². The number of methoxy groups -OCH3 is 1. The second-order valence-corrected chi connectivity index (χ2v) is 5.20. The standard InChI is InChI=1S/C17H25NO5/c1-5-22-14-6-8-15(9-7-14)23-12-16(19)18(13(2)3)11-10-17(20)21-4/h6-9,13H,5,10-12H2,1-4H3. The normalized spacial score (nSPS) is 10.3. The predicted molar refractivity (Wildman–Crippen MR) is 86.6 cm³/mol. The fourth-order valence-corrected chi connectivity index (χ4v) is 2.01. The molecule has 0 N–H and O–H groups in total. The Kier molecular flexibility index (Phi) is 7.94. The zero-order valence-electron chi connectivity index (χ0n) is 14.2. The Morgan fingerprint density at radius 3 is 2.13 bits per heavy atom. The number of benzene rings is 1. The summed E-state index contributed by atoms with van der Waals surface area (Å²) in [5.74, 6) is 0.847. The Hall–Kier alpha value is -2.24. The molecule has 0 bridgehead atoms. The monoisotopic (exact) mass is 323 g/mol. The zero-order valence-corrected chi connectivity index (χ0v) is 14.2. The second-order valence-electron chi connectivity index (χ2n) is 5.20. The van der Waals surface area contributed by atoms with Crippen LogP contribution in [0.3, 0.4) is 0 Å². The number of ether oxygens (including phenoxy) is 3. The minimum absolute atomic E-state index is 0.0175. The fourth-order valence-electron chi connectivity index (χ4n) is 2.01. The Bertz CT molecular complexity index is 498. The number of esters is 1. The molecule has 128 valence electrons. The van der Waals surface area contributed by atoms with Crippen molar-refractivity contribution in [1.29, 1.82) is 0 Å². The van der Waals surface area contributed by atoms with Crippen molar-refractivity contribution in [3.63, 3.8) is 0 Å². The number of rotatable bonds is 9. The summed E-state index contributed by atoms with van der Waals surface area (Å²) in [5, 5.41) is 0. The summed E-state index contributed by atoms with van der Waals surface area (Å²) < 4.78 is 15.4. The van der Waals surface area contributed by atoms with Crippen molar-refractivity contribution in [1.82, 2.24) is 4.90 Å². The summed E-state index contributed by atoms with van der Waals surface area (Å²) in [5.41, 5.74) is 0. The molecule has 1 aromatic rings. The largest absolute Gasteiger partial charge is 0.494 e. The zero-order chi connectivity index (χ0) is 17.2. The van der Waals surface area contributed by atoms with Gasteiger partial charge >= 0.3 is 5.97 Å². The first kappa shape index (κ1) is 18.8. The summed E-state index contributed by atoms with van der Waals surface area (Å²) >= 11 is 0. The molecular formula is C17H25NO5. The first-order chi connectivity index (χ1) is 11.0. The van der Waals surface area contributed by atoms with Gasteiger partial charge in [-0.15, -0.1) is 0 Å². The van der Waals surface area contributed by atoms with Gasteiger partial charge in [-0.1, -0.05) is 0 Å². The number of carbonyl (C=O) groups excluding carboxylic acids is 2. The van der Waals surface area contributed by atoms with Gasteiger partial charge in [0, 0.05) is 12.6 Å². The van der Waals surface area contributed by atoms with Crippen LogP contribution in [0.5, 0.6) is 11.5 Å². The third-order valence-electron chi connectivity index (χ3n) is 3.23. The van der Waals surface area contributed by atoms with Gasteiger partial charge in [-0.2, -0.15) is 0 Å². The van der Waals surface area contributed by atoms with Gasteiger partial charge in [-0.05, 0) is 45.0 Å². The molecule has 0 fully saturated rings. The highest BCUT2D eigenvalue weighted by atomic mass is 16.5. The first-order valence-corrected chi connectivity index (χ1v) is 7.69. The number of nitrogens with zero attached hydrogens (tertiary/aromatic N) is 1. The van der Waals surface area contributed by atoms with Crippen LogP contribution in [0.15, 0.2) is 24.3 Å². The lowest BCUT2D eigenvalue weighted by atomic mass is 10.2. The highest BCUT2D eigenvalue weighted by Crippen LogP contribution is 2.17. The molecule has 0 unspecified atom stereocenters. The van der Waals surface area contributed by atoms with Gasteiger partial charge < -0.3 is 19.1 Å². The van der Waals surface area contributed by atoms with Crippen LogP contribution in [0.25, 0.3) is 0 Å². The molecule has 0 saturated heterocycles. The van der Waals surface area contributed by atoms with E-state index < -0.39 is 0 Å². The molecule has 0 aromatic heterocycles. The lowest BCUT2D eigenvalue weighted by Crippen LogP contribution is -2.41. The van der Waals surface area contributed by atoms with E-state index in [1.807, 2.05) is 20.8 Å². The lowest BCUT2D eigenvalue weighted by Gasteiger charge is -2.26. The molecule has 1 aromatic carbocycles. The van der Waals surface area contributed by atoms with Crippen LogP contribution in [-0.2, 0) is 14.3 Å². The number of hydrogen-bond donors (Lipinski definition) is 0. The van der Waals surface area contributed by atoms with E-state index in [4.69, 9.17) is 9.47 Å². The molecule has 0 saturated carbocycles. The van der Waals surface area contributed by atoms with E-state index in [2.05, 4.69) is 4.74 Å². The van der Waals surface area contributed by atoms with Gasteiger partial charge in [-0.3, -0.25) is 9.59 Å². The van der Waals surface area contributed by atoms with E-state index in [-0.39, 0.29) is 30.9 Å². The molecule has 0 heterocycles. The third kappa shape index (κ3) is 6.59. The Morgan fingerprint density at radius 1 is 1.09 bits per heavy atom. The maximum Gasteiger partial charge on any atom is 0.307 e. The summed E-state index contributed by atoms with van der Waals surface area (Å²) in [7, 11) is 1.33. The molecule has 6 heteroatoms. The molecule has 0 spiro atoms. The van der Waals surface area contributed by atoms with Crippen molar-refractivity contribution in [2.75, 3.05) is 26.9 Å². The summed E-state index contributed by atoms with van der Waals surface area (Å²) in [4.78, 5) is 25.1. The van der Waals surface area contributed by atoms with Gasteiger partial charge in [0.2, 0.25) is 0 Å². The van der Waals surface area contributed by atoms with Crippen LogP contribution in [-0.4, -0.2) is 49.7 Å². The molecule has 1 amide bonds. The highest BCUT2D eigenvalue weighted by molar-refractivity contribution is 5.79. The topological polar surface area (TPSA) is 65.1 Å². The van der Waals surface area contributed by atoms with Crippen LogP contribution >= 0.6 is 0 Å². The van der Waals surface area contributed by atoms with Crippen LogP contribution in [0.2, 0.25) is 0 Å². The molecule has 0 aliphatic rings. The van der Waals surface area contributed by atoms with Crippen molar-refractivity contribution < 1.29 is 23.8 Å². The Labute approximate surface area is 137 Å². The second kappa shape index (κ2) is 9.71. The van der Waals surface area contributed by atoms with Gasteiger partial charge in [0.1, 0.15) is 11.5 Å². The minimum atomic E-state index is -0.337. The fraction of sp³-hybridized carbons (Fsp3) is 0.529. The van der Waals surface area contributed by atoms with E-state index in [1.54, 1.807) is 29.2 Å². The molecule has 0 atom stereocenters. The highest BCUT2D eigenvalue weighted by Gasteiger charge is 2.18. The van der Waals surface area contributed by atoms with Crippen LogP contribution in [0.1, 0.15) is 27.2 Å². The van der Waals surface area contributed by atoms with E-state index in [1.165, 1.54) is 7.11 Å². The van der Waals surface area contributed by atoms with Gasteiger partial charge in [-0.25, -0.2) is 0 Å². The maximum absolute atomic E-state index is 12.3. The lowest BCUT2D eigenvalue weighted by molar-refractivity contribution is -0.142. The van der Waals surface area contributed by atoms with E-state index in [0.29, 0.717) is 18.9 Å². The third-order valence-corrected chi connectivity index (χ3v) is 3.23. The van der Waals surface area contributed by atoms with Crippen molar-refractivity contribution in [2.45, 2.75) is 33.2 Å². The average Bonchev–Trinajstić information content (AvgIpc) is 2.54. The van der Waals surface area contributed by atoms with Crippen molar-refractivity contribution in [3.8, 4) is 11.5 Å². The van der Waals surface area contributed by atoms with Crippen molar-refractivity contribution in [3.05, 3.63) is 24.3 Å². The predicted octanol–water partition coefficient (Wildman–Crippen LogP) is 2.26. The molecule has 1 rings (SSSR count). The van der Waals surface area contributed by atoms with Crippen molar-refractivity contribution >= 4 is 11.9 Å². The number of hydrogen-bond acceptors (Lipinski definition) is 5.